The molecule has 1 nitrogen and oxygen atoms in total. The van der Waals surface area contributed by atoms with E-state index in [-0.39, 0.29) is 5.82 Å². The van der Waals surface area contributed by atoms with Gasteiger partial charge in [0.15, 0.2) is 0 Å². The topological polar surface area (TPSA) is 20.2 Å². The van der Waals surface area contributed by atoms with Crippen LogP contribution in [0.25, 0.3) is 0 Å². The second kappa shape index (κ2) is 6.55. The predicted octanol–water partition coefficient (Wildman–Crippen LogP) is 4.72. The molecule has 0 bridgehead atoms. The number of rotatable bonds is 4. The van der Waals surface area contributed by atoms with Crippen LogP contribution in [-0.2, 0) is 0 Å². The van der Waals surface area contributed by atoms with E-state index in [4.69, 9.17) is 0 Å². The third-order valence-corrected chi connectivity index (χ3v) is 4.92. The summed E-state index contributed by atoms with van der Waals surface area (Å²) in [5, 5.41) is 10.1. The lowest BCUT2D eigenvalue weighted by atomic mass is 10.1. The van der Waals surface area contributed by atoms with E-state index in [0.29, 0.717) is 16.9 Å². The molecule has 2 rings (SSSR count). The lowest BCUT2D eigenvalue weighted by Gasteiger charge is -2.12. The molecular formula is C15H14BrFOS. The zero-order chi connectivity index (χ0) is 13.8. The number of hydrogen-bond donors (Lipinski definition) is 1. The van der Waals surface area contributed by atoms with E-state index in [2.05, 4.69) is 15.9 Å². The van der Waals surface area contributed by atoms with E-state index in [1.165, 1.54) is 6.07 Å². The number of aliphatic hydroxyl groups excluding tert-OH is 1. The zero-order valence-electron chi connectivity index (χ0n) is 10.4. The summed E-state index contributed by atoms with van der Waals surface area (Å²) in [7, 11) is 0. The predicted molar refractivity (Wildman–Crippen MR) is 81.0 cm³/mol. The fourth-order valence-corrected chi connectivity index (χ4v) is 3.18. The Morgan fingerprint density at radius 2 is 2.00 bits per heavy atom. The number of thioether (sulfide) groups is 1. The molecule has 2 aromatic carbocycles. The molecule has 1 atom stereocenters. The Hall–Kier alpha value is -0.840. The number of aliphatic hydroxyl groups is 1. The van der Waals surface area contributed by atoms with Gasteiger partial charge >= 0.3 is 0 Å². The van der Waals surface area contributed by atoms with Crippen LogP contribution < -0.4 is 0 Å². The second-order valence-electron chi connectivity index (χ2n) is 4.27. The normalized spacial score (nSPS) is 12.4. The van der Waals surface area contributed by atoms with Crippen molar-refractivity contribution >= 4 is 27.7 Å². The van der Waals surface area contributed by atoms with Crippen molar-refractivity contribution in [3.63, 3.8) is 0 Å². The van der Waals surface area contributed by atoms with Gasteiger partial charge in [-0.1, -0.05) is 24.3 Å². The maximum absolute atomic E-state index is 13.4. The van der Waals surface area contributed by atoms with E-state index in [9.17, 15) is 9.50 Å². The molecule has 0 amide bonds. The number of benzene rings is 2. The Balaban J connectivity index is 2.03. The minimum Gasteiger partial charge on any atom is -0.388 e. The third kappa shape index (κ3) is 3.81. The summed E-state index contributed by atoms with van der Waals surface area (Å²) in [6.45, 7) is 1.71. The molecule has 1 N–H and O–H groups in total. The van der Waals surface area contributed by atoms with Crippen molar-refractivity contribution in [3.05, 3.63) is 63.9 Å². The van der Waals surface area contributed by atoms with Gasteiger partial charge in [0, 0.05) is 15.1 Å². The van der Waals surface area contributed by atoms with Crippen LogP contribution in [0, 0.1) is 12.7 Å². The summed E-state index contributed by atoms with van der Waals surface area (Å²) >= 11 is 5.00. The highest BCUT2D eigenvalue weighted by Crippen LogP contribution is 2.30. The van der Waals surface area contributed by atoms with Crippen molar-refractivity contribution in [2.75, 3.05) is 5.75 Å². The molecule has 0 heterocycles. The fraction of sp³-hybridized carbons (Fsp3) is 0.200. The van der Waals surface area contributed by atoms with Gasteiger partial charge in [-0.15, -0.1) is 11.8 Å². The molecule has 0 aliphatic rings. The first-order chi connectivity index (χ1) is 9.08. The van der Waals surface area contributed by atoms with Crippen LogP contribution in [0.5, 0.6) is 0 Å². The molecule has 100 valence electrons. The van der Waals surface area contributed by atoms with Crippen LogP contribution in [0.4, 0.5) is 4.39 Å². The fourth-order valence-electron chi connectivity index (χ4n) is 1.64. The molecular weight excluding hydrogens is 327 g/mol. The molecule has 0 radical (unpaired) electrons. The van der Waals surface area contributed by atoms with Crippen LogP contribution >= 0.6 is 27.7 Å². The molecule has 0 saturated carbocycles. The number of halogens is 2. The largest absolute Gasteiger partial charge is 0.388 e. The first kappa shape index (κ1) is 14.6. The molecule has 19 heavy (non-hydrogen) atoms. The monoisotopic (exact) mass is 340 g/mol. The molecule has 0 aliphatic carbocycles. The van der Waals surface area contributed by atoms with Crippen molar-refractivity contribution in [2.24, 2.45) is 0 Å². The van der Waals surface area contributed by atoms with Crippen LogP contribution in [0.1, 0.15) is 17.2 Å². The average Bonchev–Trinajstić information content (AvgIpc) is 2.40. The first-order valence-corrected chi connectivity index (χ1v) is 7.67. The van der Waals surface area contributed by atoms with Gasteiger partial charge in [-0.2, -0.15) is 0 Å². The van der Waals surface area contributed by atoms with Crippen LogP contribution in [0.2, 0.25) is 0 Å². The van der Waals surface area contributed by atoms with E-state index in [0.717, 1.165) is 9.37 Å². The van der Waals surface area contributed by atoms with Gasteiger partial charge in [0.2, 0.25) is 0 Å². The maximum Gasteiger partial charge on any atom is 0.126 e. The van der Waals surface area contributed by atoms with Gasteiger partial charge in [-0.05, 0) is 52.2 Å². The minimum absolute atomic E-state index is 0.276. The molecule has 0 fully saturated rings. The Labute approximate surface area is 125 Å². The molecule has 1 unspecified atom stereocenters. The third-order valence-electron chi connectivity index (χ3n) is 2.81. The maximum atomic E-state index is 13.4. The Morgan fingerprint density at radius 3 is 2.68 bits per heavy atom. The number of aryl methyl sites for hydroxylation is 1. The summed E-state index contributed by atoms with van der Waals surface area (Å²) in [4.78, 5) is 1.06. The van der Waals surface area contributed by atoms with Gasteiger partial charge < -0.3 is 5.11 Å². The SMILES string of the molecule is Cc1ccc(C(O)CSc2ccccc2Br)cc1F. The molecule has 0 aliphatic heterocycles. The van der Waals surface area contributed by atoms with Crippen molar-refractivity contribution in [1.29, 1.82) is 0 Å². The van der Waals surface area contributed by atoms with Gasteiger partial charge in [0.05, 0.1) is 6.10 Å². The first-order valence-electron chi connectivity index (χ1n) is 5.89. The molecule has 0 aromatic heterocycles. The molecule has 2 aromatic rings. The van der Waals surface area contributed by atoms with Crippen molar-refractivity contribution < 1.29 is 9.50 Å². The standard InChI is InChI=1S/C15H14BrFOS/c1-10-6-7-11(8-13(10)17)14(18)9-19-15-5-3-2-4-12(15)16/h2-8,14,18H,9H2,1H3. The van der Waals surface area contributed by atoms with Gasteiger partial charge in [-0.25, -0.2) is 4.39 Å². The molecule has 4 heteroatoms. The smallest absolute Gasteiger partial charge is 0.126 e. The lowest BCUT2D eigenvalue weighted by molar-refractivity contribution is 0.203. The molecule has 0 spiro atoms. The van der Waals surface area contributed by atoms with Crippen LogP contribution in [-0.4, -0.2) is 10.9 Å². The highest BCUT2D eigenvalue weighted by molar-refractivity contribution is 9.10. The van der Waals surface area contributed by atoms with Crippen molar-refractivity contribution in [1.82, 2.24) is 0 Å². The highest BCUT2D eigenvalue weighted by atomic mass is 79.9. The van der Waals surface area contributed by atoms with Crippen LogP contribution in [0.15, 0.2) is 51.8 Å². The Kier molecular flexibility index (Phi) is 5.02. The second-order valence-corrected chi connectivity index (χ2v) is 6.18. The Morgan fingerprint density at radius 1 is 1.26 bits per heavy atom. The molecule has 0 saturated heterocycles. The van der Waals surface area contributed by atoms with Crippen molar-refractivity contribution in [3.8, 4) is 0 Å². The van der Waals surface area contributed by atoms with Crippen molar-refractivity contribution in [2.45, 2.75) is 17.9 Å². The van der Waals surface area contributed by atoms with Gasteiger partial charge in [-0.3, -0.25) is 0 Å². The van der Waals surface area contributed by atoms with E-state index < -0.39 is 6.10 Å². The van der Waals surface area contributed by atoms with Gasteiger partial charge in [0.25, 0.3) is 0 Å². The van der Waals surface area contributed by atoms with E-state index >= 15 is 0 Å². The minimum atomic E-state index is -0.674. The summed E-state index contributed by atoms with van der Waals surface area (Å²) in [5.74, 6) is 0.216. The summed E-state index contributed by atoms with van der Waals surface area (Å²) in [6, 6.07) is 12.7. The summed E-state index contributed by atoms with van der Waals surface area (Å²) < 4.78 is 14.4. The highest BCUT2D eigenvalue weighted by Gasteiger charge is 2.11. The lowest BCUT2D eigenvalue weighted by Crippen LogP contribution is -2.01. The summed E-state index contributed by atoms with van der Waals surface area (Å²) in [6.07, 6.45) is -0.674. The zero-order valence-corrected chi connectivity index (χ0v) is 12.8. The summed E-state index contributed by atoms with van der Waals surface area (Å²) in [5.41, 5.74) is 1.21. The average molecular weight is 341 g/mol. The van der Waals surface area contributed by atoms with Crippen LogP contribution in [0.3, 0.4) is 0 Å². The Bertz CT molecular complexity index is 574. The van der Waals surface area contributed by atoms with E-state index in [1.807, 2.05) is 24.3 Å². The van der Waals surface area contributed by atoms with E-state index in [1.54, 1.807) is 30.8 Å². The number of hydrogen-bond acceptors (Lipinski definition) is 2. The quantitative estimate of drug-likeness (QED) is 0.812. The van der Waals surface area contributed by atoms with Gasteiger partial charge in [0.1, 0.15) is 5.82 Å².